The van der Waals surface area contributed by atoms with E-state index in [1.54, 1.807) is 19.1 Å². The molecule has 4 nitrogen and oxygen atoms in total. The van der Waals surface area contributed by atoms with Gasteiger partial charge in [0, 0.05) is 31.2 Å². The number of nitrogens with zero attached hydrogens (tertiary/aromatic N) is 3. The fourth-order valence-corrected chi connectivity index (χ4v) is 3.48. The van der Waals surface area contributed by atoms with Gasteiger partial charge in [-0.05, 0) is 44.5 Å². The molecule has 1 aromatic rings. The summed E-state index contributed by atoms with van der Waals surface area (Å²) in [6.07, 6.45) is 3.85. The first-order chi connectivity index (χ1) is 10.2. The molecule has 2 fully saturated rings. The first kappa shape index (κ1) is 14.1. The average Bonchev–Trinajstić information content (AvgIpc) is 2.53. The van der Waals surface area contributed by atoms with Gasteiger partial charge in [-0.15, -0.1) is 0 Å². The smallest absolute Gasteiger partial charge is 0.159 e. The maximum atomic E-state index is 11.6. The van der Waals surface area contributed by atoms with Crippen molar-refractivity contribution in [2.45, 2.75) is 32.2 Å². The van der Waals surface area contributed by atoms with Gasteiger partial charge in [-0.3, -0.25) is 9.69 Å². The molecule has 0 N–H and O–H groups in total. The Balaban J connectivity index is 1.87. The third kappa shape index (κ3) is 2.79. The number of ketones is 1. The van der Waals surface area contributed by atoms with Crippen LogP contribution in [0.4, 0.5) is 5.69 Å². The maximum absolute atomic E-state index is 11.6. The zero-order chi connectivity index (χ0) is 14.8. The summed E-state index contributed by atoms with van der Waals surface area (Å²) in [6.45, 7) is 5.74. The largest absolute Gasteiger partial charge is 0.368 e. The van der Waals surface area contributed by atoms with Crippen LogP contribution in [-0.2, 0) is 0 Å². The fraction of sp³-hybridized carbons (Fsp3) is 0.529. The molecular weight excluding hydrogens is 262 g/mol. The monoisotopic (exact) mass is 283 g/mol. The van der Waals surface area contributed by atoms with Crippen molar-refractivity contribution in [3.8, 4) is 6.07 Å². The Hall–Kier alpha value is -1.86. The van der Waals surface area contributed by atoms with Gasteiger partial charge in [-0.25, -0.2) is 0 Å². The van der Waals surface area contributed by atoms with Crippen LogP contribution in [0.3, 0.4) is 0 Å². The Morgan fingerprint density at radius 3 is 2.90 bits per heavy atom. The van der Waals surface area contributed by atoms with E-state index in [9.17, 15) is 10.1 Å². The molecule has 1 atom stereocenters. The van der Waals surface area contributed by atoms with Gasteiger partial charge < -0.3 is 4.90 Å². The normalized spacial score (nSPS) is 22.5. The summed E-state index contributed by atoms with van der Waals surface area (Å²) in [4.78, 5) is 16.5. The molecule has 2 aliphatic rings. The second kappa shape index (κ2) is 5.87. The number of carbonyl (C=O) groups excluding carboxylic acids is 1. The number of hydrogen-bond donors (Lipinski definition) is 0. The van der Waals surface area contributed by atoms with Gasteiger partial charge in [0.15, 0.2) is 5.78 Å². The Morgan fingerprint density at radius 1 is 1.29 bits per heavy atom. The highest BCUT2D eigenvalue weighted by atomic mass is 16.1. The first-order valence-corrected chi connectivity index (χ1v) is 7.73. The number of nitriles is 1. The lowest BCUT2D eigenvalue weighted by atomic mass is 9.98. The molecular formula is C17H21N3O. The highest BCUT2D eigenvalue weighted by Gasteiger charge is 2.29. The van der Waals surface area contributed by atoms with Crippen LogP contribution < -0.4 is 4.90 Å². The van der Waals surface area contributed by atoms with Crippen molar-refractivity contribution in [3.05, 3.63) is 29.3 Å². The maximum Gasteiger partial charge on any atom is 0.159 e. The van der Waals surface area contributed by atoms with Crippen LogP contribution in [0.2, 0.25) is 0 Å². The second-order valence-electron chi connectivity index (χ2n) is 6.03. The fourth-order valence-electron chi connectivity index (χ4n) is 3.48. The van der Waals surface area contributed by atoms with Gasteiger partial charge in [-0.1, -0.05) is 6.42 Å². The van der Waals surface area contributed by atoms with E-state index in [0.717, 1.165) is 25.3 Å². The molecule has 1 unspecified atom stereocenters. The van der Waals surface area contributed by atoms with Gasteiger partial charge in [0.25, 0.3) is 0 Å². The number of benzene rings is 1. The topological polar surface area (TPSA) is 47.3 Å². The molecule has 2 aliphatic heterocycles. The molecule has 3 rings (SSSR count). The van der Waals surface area contributed by atoms with Crippen molar-refractivity contribution in [3.63, 3.8) is 0 Å². The third-order valence-electron chi connectivity index (χ3n) is 4.70. The van der Waals surface area contributed by atoms with E-state index in [0.29, 0.717) is 17.2 Å². The van der Waals surface area contributed by atoms with E-state index in [-0.39, 0.29) is 5.78 Å². The minimum absolute atomic E-state index is 0.0528. The molecule has 0 aliphatic carbocycles. The van der Waals surface area contributed by atoms with Crippen molar-refractivity contribution in [1.82, 2.24) is 4.90 Å². The highest BCUT2D eigenvalue weighted by Crippen LogP contribution is 2.28. The Morgan fingerprint density at radius 2 is 2.14 bits per heavy atom. The number of fused-ring (bicyclic) bond motifs is 1. The van der Waals surface area contributed by atoms with Crippen LogP contribution in [0, 0.1) is 11.3 Å². The lowest BCUT2D eigenvalue weighted by Gasteiger charge is -2.45. The number of piperidine rings is 1. The lowest BCUT2D eigenvalue weighted by molar-refractivity contribution is 0.101. The molecule has 2 heterocycles. The number of hydrogen-bond acceptors (Lipinski definition) is 4. The van der Waals surface area contributed by atoms with Gasteiger partial charge in [-0.2, -0.15) is 5.26 Å². The van der Waals surface area contributed by atoms with E-state index < -0.39 is 0 Å². The van der Waals surface area contributed by atoms with E-state index in [4.69, 9.17) is 0 Å². The predicted molar refractivity (Wildman–Crippen MR) is 82.6 cm³/mol. The Bertz CT molecular complexity index is 590. The van der Waals surface area contributed by atoms with Crippen LogP contribution in [0.1, 0.15) is 42.1 Å². The molecule has 110 valence electrons. The summed E-state index contributed by atoms with van der Waals surface area (Å²) in [5.74, 6) is 0.0528. The molecule has 0 spiro atoms. The Labute approximate surface area is 126 Å². The summed E-state index contributed by atoms with van der Waals surface area (Å²) in [6, 6.07) is 8.28. The summed E-state index contributed by atoms with van der Waals surface area (Å²) in [7, 11) is 0. The van der Waals surface area contributed by atoms with Crippen LogP contribution in [-0.4, -0.2) is 42.9 Å². The van der Waals surface area contributed by atoms with Gasteiger partial charge in [0.1, 0.15) is 6.07 Å². The van der Waals surface area contributed by atoms with E-state index in [1.807, 2.05) is 6.07 Å². The van der Waals surface area contributed by atoms with E-state index in [1.165, 1.54) is 25.8 Å². The average molecular weight is 283 g/mol. The zero-order valence-corrected chi connectivity index (χ0v) is 12.5. The number of piperazine rings is 1. The molecule has 21 heavy (non-hydrogen) atoms. The minimum Gasteiger partial charge on any atom is -0.368 e. The highest BCUT2D eigenvalue weighted by molar-refractivity contribution is 5.95. The minimum atomic E-state index is 0.0528. The van der Waals surface area contributed by atoms with E-state index in [2.05, 4.69) is 15.9 Å². The number of carbonyl (C=O) groups is 1. The lowest BCUT2D eigenvalue weighted by Crippen LogP contribution is -2.55. The summed E-state index contributed by atoms with van der Waals surface area (Å²) in [5.41, 5.74) is 2.29. The van der Waals surface area contributed by atoms with Crippen molar-refractivity contribution in [2.24, 2.45) is 0 Å². The zero-order valence-electron chi connectivity index (χ0n) is 12.5. The van der Waals surface area contributed by atoms with Gasteiger partial charge in [0.2, 0.25) is 0 Å². The first-order valence-electron chi connectivity index (χ1n) is 7.73. The van der Waals surface area contributed by atoms with Crippen LogP contribution >= 0.6 is 0 Å². The number of anilines is 1. The molecule has 1 aromatic carbocycles. The SMILES string of the molecule is CC(=O)c1ccc(C#N)c(N2CCN3CCCCC3C2)c1. The quantitative estimate of drug-likeness (QED) is 0.782. The third-order valence-corrected chi connectivity index (χ3v) is 4.70. The molecule has 0 bridgehead atoms. The van der Waals surface area contributed by atoms with Crippen molar-refractivity contribution in [2.75, 3.05) is 31.1 Å². The van der Waals surface area contributed by atoms with Crippen LogP contribution in [0.15, 0.2) is 18.2 Å². The van der Waals surface area contributed by atoms with Crippen LogP contribution in [0.25, 0.3) is 0 Å². The van der Waals surface area contributed by atoms with Crippen LogP contribution in [0.5, 0.6) is 0 Å². The molecule has 0 saturated carbocycles. The number of Topliss-reactive ketones (excluding diaryl/α,β-unsaturated/α-hetero) is 1. The molecule has 0 amide bonds. The predicted octanol–water partition coefficient (Wildman–Crippen LogP) is 2.44. The molecule has 2 saturated heterocycles. The second-order valence-corrected chi connectivity index (χ2v) is 6.03. The van der Waals surface area contributed by atoms with Crippen molar-refractivity contribution >= 4 is 11.5 Å². The van der Waals surface area contributed by atoms with E-state index >= 15 is 0 Å². The molecule has 4 heteroatoms. The molecule has 0 radical (unpaired) electrons. The standard InChI is InChI=1S/C17H21N3O/c1-13(21)14-5-6-15(11-18)17(10-14)20-9-8-19-7-3-2-4-16(19)12-20/h5-6,10,16H,2-4,7-9,12H2,1H3. The summed E-state index contributed by atoms with van der Waals surface area (Å²) >= 11 is 0. The van der Waals surface area contributed by atoms with Crippen molar-refractivity contribution < 1.29 is 4.79 Å². The molecule has 0 aromatic heterocycles. The summed E-state index contributed by atoms with van der Waals surface area (Å²) < 4.78 is 0. The number of rotatable bonds is 2. The Kier molecular flexibility index (Phi) is 3.94. The van der Waals surface area contributed by atoms with Gasteiger partial charge in [0.05, 0.1) is 11.3 Å². The van der Waals surface area contributed by atoms with Gasteiger partial charge >= 0.3 is 0 Å². The summed E-state index contributed by atoms with van der Waals surface area (Å²) in [5, 5.41) is 9.34. The van der Waals surface area contributed by atoms with Crippen molar-refractivity contribution in [1.29, 1.82) is 5.26 Å².